The number of carbonyl (C=O) groups is 1. The predicted molar refractivity (Wildman–Crippen MR) is 126 cm³/mol. The Morgan fingerprint density at radius 2 is 1.91 bits per heavy atom. The van der Waals surface area contributed by atoms with Gasteiger partial charge in [-0.1, -0.05) is 18.2 Å². The van der Waals surface area contributed by atoms with Gasteiger partial charge in [0, 0.05) is 41.9 Å². The minimum absolute atomic E-state index is 0.0176. The van der Waals surface area contributed by atoms with Crippen molar-refractivity contribution in [3.63, 3.8) is 0 Å². The molecule has 0 radical (unpaired) electrons. The van der Waals surface area contributed by atoms with E-state index in [9.17, 15) is 18.0 Å². The zero-order valence-electron chi connectivity index (χ0n) is 18.6. The van der Waals surface area contributed by atoms with Crippen LogP contribution in [-0.2, 0) is 12.7 Å². The molecule has 1 amide bonds. The number of halogens is 3. The molecule has 0 aliphatic carbocycles. The first-order chi connectivity index (χ1) is 16.8. The fourth-order valence-corrected chi connectivity index (χ4v) is 4.01. The van der Waals surface area contributed by atoms with Crippen molar-refractivity contribution in [1.29, 1.82) is 0 Å². The highest BCUT2D eigenvalue weighted by Gasteiger charge is 2.33. The second-order valence-corrected chi connectivity index (χ2v) is 8.16. The third-order valence-electron chi connectivity index (χ3n) is 5.78. The monoisotopic (exact) mass is 475 g/mol. The lowest BCUT2D eigenvalue weighted by atomic mass is 10.0. The molecule has 0 spiro atoms. The van der Waals surface area contributed by atoms with Gasteiger partial charge in [0.1, 0.15) is 5.65 Å². The van der Waals surface area contributed by atoms with Gasteiger partial charge in [0.2, 0.25) is 0 Å². The van der Waals surface area contributed by atoms with Gasteiger partial charge in [0.05, 0.1) is 23.8 Å². The summed E-state index contributed by atoms with van der Waals surface area (Å²) in [5.41, 5.74) is 3.00. The predicted octanol–water partition coefficient (Wildman–Crippen LogP) is 5.83. The topological polar surface area (TPSA) is 64.2 Å². The molecular weight excluding hydrogens is 455 g/mol. The van der Waals surface area contributed by atoms with Gasteiger partial charge < -0.3 is 9.88 Å². The van der Waals surface area contributed by atoms with Crippen LogP contribution in [0.15, 0.2) is 85.7 Å². The first-order valence-electron chi connectivity index (χ1n) is 10.8. The molecule has 0 unspecified atom stereocenters. The van der Waals surface area contributed by atoms with Crippen LogP contribution in [0.3, 0.4) is 0 Å². The molecule has 0 atom stereocenters. The summed E-state index contributed by atoms with van der Waals surface area (Å²) in [5, 5.41) is 2.61. The Morgan fingerprint density at radius 1 is 1.06 bits per heavy atom. The SMILES string of the molecule is Cc1ccc(C(=O)Nc2ccc(Cn3ccnc3)c(C(F)(F)F)c2)cc1-c1cnc2ccccn12. The molecule has 6 nitrogen and oxygen atoms in total. The van der Waals surface area contributed by atoms with Crippen molar-refractivity contribution in [3.8, 4) is 11.3 Å². The number of nitrogens with zero attached hydrogens (tertiary/aromatic N) is 4. The van der Waals surface area contributed by atoms with E-state index in [1.54, 1.807) is 29.1 Å². The normalized spacial score (nSPS) is 11.7. The van der Waals surface area contributed by atoms with Crippen molar-refractivity contribution < 1.29 is 18.0 Å². The van der Waals surface area contributed by atoms with Crippen molar-refractivity contribution >= 4 is 17.2 Å². The number of nitrogens with one attached hydrogen (secondary N) is 1. The fourth-order valence-electron chi connectivity index (χ4n) is 4.01. The van der Waals surface area contributed by atoms with Crippen LogP contribution in [0.25, 0.3) is 16.9 Å². The number of aromatic nitrogens is 4. The first-order valence-corrected chi connectivity index (χ1v) is 10.8. The number of pyridine rings is 1. The van der Waals surface area contributed by atoms with E-state index in [4.69, 9.17) is 0 Å². The van der Waals surface area contributed by atoms with Crippen LogP contribution >= 0.6 is 0 Å². The number of rotatable bonds is 5. The fraction of sp³-hybridized carbons (Fsp3) is 0.115. The van der Waals surface area contributed by atoms with E-state index >= 15 is 0 Å². The van der Waals surface area contributed by atoms with Gasteiger partial charge in [-0.15, -0.1) is 0 Å². The number of fused-ring (bicyclic) bond motifs is 1. The molecule has 0 aliphatic heterocycles. The van der Waals surface area contributed by atoms with Crippen molar-refractivity contribution in [3.05, 3.63) is 108 Å². The van der Waals surface area contributed by atoms with Gasteiger partial charge in [0.25, 0.3) is 5.91 Å². The van der Waals surface area contributed by atoms with Crippen molar-refractivity contribution in [2.75, 3.05) is 5.32 Å². The molecule has 2 aromatic carbocycles. The molecule has 3 heterocycles. The minimum atomic E-state index is -4.57. The summed E-state index contributed by atoms with van der Waals surface area (Å²) < 4.78 is 44.7. The molecule has 5 aromatic rings. The van der Waals surface area contributed by atoms with Gasteiger partial charge in [-0.25, -0.2) is 9.97 Å². The average molecular weight is 475 g/mol. The van der Waals surface area contributed by atoms with E-state index in [0.717, 1.165) is 28.5 Å². The molecule has 0 aliphatic rings. The lowest BCUT2D eigenvalue weighted by Crippen LogP contribution is -2.15. The highest BCUT2D eigenvalue weighted by atomic mass is 19.4. The van der Waals surface area contributed by atoms with E-state index in [0.29, 0.717) is 5.56 Å². The molecular formula is C26H20F3N5O. The van der Waals surface area contributed by atoms with Gasteiger partial charge >= 0.3 is 6.18 Å². The van der Waals surface area contributed by atoms with Crippen molar-refractivity contribution in [2.45, 2.75) is 19.6 Å². The number of amides is 1. The van der Waals surface area contributed by atoms with Crippen molar-refractivity contribution in [2.24, 2.45) is 0 Å². The highest BCUT2D eigenvalue weighted by molar-refractivity contribution is 6.05. The summed E-state index contributed by atoms with van der Waals surface area (Å²) in [6.07, 6.45) is 3.59. The van der Waals surface area contributed by atoms with Gasteiger partial charge in [-0.2, -0.15) is 13.2 Å². The number of alkyl halides is 3. The third kappa shape index (κ3) is 4.52. The van der Waals surface area contributed by atoms with Crippen LogP contribution in [0.5, 0.6) is 0 Å². The van der Waals surface area contributed by atoms with Crippen LogP contribution in [0.4, 0.5) is 18.9 Å². The van der Waals surface area contributed by atoms with Gasteiger partial charge in [-0.05, 0) is 54.4 Å². The summed E-state index contributed by atoms with van der Waals surface area (Å²) >= 11 is 0. The highest BCUT2D eigenvalue weighted by Crippen LogP contribution is 2.34. The van der Waals surface area contributed by atoms with E-state index < -0.39 is 17.6 Å². The maximum atomic E-state index is 13.8. The summed E-state index contributed by atoms with van der Waals surface area (Å²) in [5.74, 6) is -0.504. The molecule has 3 aromatic heterocycles. The summed E-state index contributed by atoms with van der Waals surface area (Å²) in [6, 6.07) is 14.6. The Bertz CT molecular complexity index is 1520. The number of hydrogen-bond acceptors (Lipinski definition) is 3. The molecule has 0 saturated heterocycles. The molecule has 35 heavy (non-hydrogen) atoms. The van der Waals surface area contributed by atoms with Crippen LogP contribution in [0.1, 0.15) is 27.0 Å². The second kappa shape index (κ2) is 8.75. The standard InChI is InChI=1S/C26H20F3N5O/c1-17-5-6-18(12-21(17)23-14-31-24-4-2-3-10-34(23)24)25(35)32-20-8-7-19(15-33-11-9-30-16-33)22(13-20)26(27,28)29/h2-14,16H,15H2,1H3,(H,32,35). The van der Waals surface area contributed by atoms with E-state index in [-0.39, 0.29) is 17.8 Å². The summed E-state index contributed by atoms with van der Waals surface area (Å²) in [6.45, 7) is 1.94. The Balaban J connectivity index is 1.44. The molecule has 5 rings (SSSR count). The Kier molecular flexibility index (Phi) is 5.60. The largest absolute Gasteiger partial charge is 0.416 e. The van der Waals surface area contributed by atoms with Crippen LogP contribution in [0, 0.1) is 6.92 Å². The summed E-state index contributed by atoms with van der Waals surface area (Å²) in [4.78, 5) is 21.3. The smallest absolute Gasteiger partial charge is 0.333 e. The third-order valence-corrected chi connectivity index (χ3v) is 5.78. The lowest BCUT2D eigenvalue weighted by Gasteiger charge is -2.16. The van der Waals surface area contributed by atoms with Crippen LogP contribution in [-0.4, -0.2) is 24.8 Å². The number of anilines is 1. The zero-order chi connectivity index (χ0) is 24.6. The molecule has 1 N–H and O–H groups in total. The number of hydrogen-bond donors (Lipinski definition) is 1. The molecule has 0 saturated carbocycles. The average Bonchev–Trinajstić information content (AvgIpc) is 3.49. The van der Waals surface area contributed by atoms with Crippen LogP contribution < -0.4 is 5.32 Å². The second-order valence-electron chi connectivity index (χ2n) is 8.16. The Labute approximate surface area is 198 Å². The maximum Gasteiger partial charge on any atom is 0.416 e. The van der Waals surface area contributed by atoms with Crippen molar-refractivity contribution in [1.82, 2.24) is 18.9 Å². The van der Waals surface area contributed by atoms with Crippen LogP contribution in [0.2, 0.25) is 0 Å². The number of carbonyl (C=O) groups excluding carboxylic acids is 1. The number of aryl methyl sites for hydroxylation is 1. The Morgan fingerprint density at radius 3 is 2.69 bits per heavy atom. The first kappa shape index (κ1) is 22.4. The molecule has 9 heteroatoms. The quantitative estimate of drug-likeness (QED) is 0.348. The van der Waals surface area contributed by atoms with E-state index in [1.165, 1.54) is 24.7 Å². The number of benzene rings is 2. The lowest BCUT2D eigenvalue weighted by molar-refractivity contribution is -0.138. The maximum absolute atomic E-state index is 13.8. The molecule has 0 fully saturated rings. The molecule has 176 valence electrons. The minimum Gasteiger partial charge on any atom is -0.333 e. The number of imidazole rings is 2. The Hall–Kier alpha value is -4.40. The van der Waals surface area contributed by atoms with Gasteiger partial charge in [-0.3, -0.25) is 9.20 Å². The van der Waals surface area contributed by atoms with Gasteiger partial charge in [0.15, 0.2) is 0 Å². The zero-order valence-corrected chi connectivity index (χ0v) is 18.6. The summed E-state index contributed by atoms with van der Waals surface area (Å²) in [7, 11) is 0. The van der Waals surface area contributed by atoms with E-state index in [2.05, 4.69) is 15.3 Å². The molecule has 0 bridgehead atoms. The van der Waals surface area contributed by atoms with E-state index in [1.807, 2.05) is 41.8 Å².